The molecule has 2 amide bonds. The molecule has 1 heterocycles. The first kappa shape index (κ1) is 16.5. The highest BCUT2D eigenvalue weighted by atomic mass is 16.5. The highest BCUT2D eigenvalue weighted by Crippen LogP contribution is 2.17. The number of piperidine rings is 1. The maximum Gasteiger partial charge on any atom is 0.225 e. The molecule has 1 saturated heterocycles. The maximum absolute atomic E-state index is 12.3. The molecule has 0 aromatic heterocycles. The highest BCUT2D eigenvalue weighted by Gasteiger charge is 2.26. The van der Waals surface area contributed by atoms with Crippen LogP contribution in [0, 0.1) is 5.92 Å². The van der Waals surface area contributed by atoms with Gasteiger partial charge in [-0.05, 0) is 24.0 Å². The van der Waals surface area contributed by atoms with E-state index >= 15 is 0 Å². The van der Waals surface area contributed by atoms with Gasteiger partial charge < -0.3 is 15.0 Å². The standard InChI is InChI=1S/C17H24N2O3/c1-13(20)19-8-4-7-16(11-19)17(21)18-10-14-5-3-6-15(9-14)12-22-2/h3,5-6,9,16H,4,7-8,10-12H2,1-2H3,(H,18,21)/t16-/m1/s1. The lowest BCUT2D eigenvalue weighted by Gasteiger charge is -2.31. The van der Waals surface area contributed by atoms with Crippen molar-refractivity contribution >= 4 is 11.8 Å². The zero-order valence-electron chi connectivity index (χ0n) is 13.3. The average Bonchev–Trinajstić information content (AvgIpc) is 2.53. The number of methoxy groups -OCH3 is 1. The summed E-state index contributed by atoms with van der Waals surface area (Å²) >= 11 is 0. The molecule has 1 aliphatic heterocycles. The second kappa shape index (κ2) is 7.94. The van der Waals surface area contributed by atoms with Crippen LogP contribution in [0.2, 0.25) is 0 Å². The molecule has 0 aliphatic carbocycles. The number of rotatable bonds is 5. The number of likely N-dealkylation sites (tertiary alicyclic amines) is 1. The molecule has 1 N–H and O–H groups in total. The lowest BCUT2D eigenvalue weighted by molar-refractivity contribution is -0.134. The van der Waals surface area contributed by atoms with Crippen LogP contribution >= 0.6 is 0 Å². The lowest BCUT2D eigenvalue weighted by atomic mass is 9.97. The summed E-state index contributed by atoms with van der Waals surface area (Å²) in [5, 5.41) is 2.98. The first-order chi connectivity index (χ1) is 10.6. The Morgan fingerprint density at radius 2 is 2.14 bits per heavy atom. The van der Waals surface area contributed by atoms with Gasteiger partial charge in [-0.1, -0.05) is 24.3 Å². The van der Waals surface area contributed by atoms with Crippen LogP contribution in [0.3, 0.4) is 0 Å². The summed E-state index contributed by atoms with van der Waals surface area (Å²) in [6.45, 7) is 3.93. The fourth-order valence-electron chi connectivity index (χ4n) is 2.81. The van der Waals surface area contributed by atoms with E-state index < -0.39 is 0 Å². The summed E-state index contributed by atoms with van der Waals surface area (Å²) < 4.78 is 5.11. The van der Waals surface area contributed by atoms with Crippen LogP contribution in [0.5, 0.6) is 0 Å². The molecule has 1 aromatic carbocycles. The first-order valence-corrected chi connectivity index (χ1v) is 7.70. The third kappa shape index (κ3) is 4.56. The van der Waals surface area contributed by atoms with Gasteiger partial charge in [-0.25, -0.2) is 0 Å². The Hall–Kier alpha value is -1.88. The van der Waals surface area contributed by atoms with E-state index in [9.17, 15) is 9.59 Å². The van der Waals surface area contributed by atoms with Crippen molar-refractivity contribution in [3.8, 4) is 0 Å². The normalized spacial score (nSPS) is 18.1. The Morgan fingerprint density at radius 3 is 2.86 bits per heavy atom. The van der Waals surface area contributed by atoms with Crippen molar-refractivity contribution in [2.75, 3.05) is 20.2 Å². The molecule has 1 fully saturated rings. The van der Waals surface area contributed by atoms with Crippen LogP contribution in [-0.4, -0.2) is 36.9 Å². The number of carbonyl (C=O) groups is 2. The van der Waals surface area contributed by atoms with Crippen LogP contribution in [-0.2, 0) is 27.5 Å². The molecular weight excluding hydrogens is 280 g/mol. The van der Waals surface area contributed by atoms with Crippen LogP contribution in [0.4, 0.5) is 0 Å². The summed E-state index contributed by atoms with van der Waals surface area (Å²) in [6, 6.07) is 7.99. The third-order valence-corrected chi connectivity index (χ3v) is 4.01. The van der Waals surface area contributed by atoms with Crippen molar-refractivity contribution in [1.29, 1.82) is 0 Å². The second-order valence-corrected chi connectivity index (χ2v) is 5.77. The zero-order valence-corrected chi connectivity index (χ0v) is 13.3. The minimum Gasteiger partial charge on any atom is -0.380 e. The molecule has 1 aromatic rings. The summed E-state index contributed by atoms with van der Waals surface area (Å²) in [4.78, 5) is 25.5. The van der Waals surface area contributed by atoms with Crippen molar-refractivity contribution in [1.82, 2.24) is 10.2 Å². The quantitative estimate of drug-likeness (QED) is 0.901. The fraction of sp³-hybridized carbons (Fsp3) is 0.529. The number of nitrogens with one attached hydrogen (secondary N) is 1. The molecule has 2 rings (SSSR count). The van der Waals surface area contributed by atoms with Gasteiger partial charge in [0.1, 0.15) is 0 Å². The van der Waals surface area contributed by atoms with Crippen LogP contribution in [0.15, 0.2) is 24.3 Å². The van der Waals surface area contributed by atoms with Crippen LogP contribution < -0.4 is 5.32 Å². The molecule has 120 valence electrons. The van der Waals surface area contributed by atoms with E-state index in [2.05, 4.69) is 5.32 Å². The Balaban J connectivity index is 1.87. The maximum atomic E-state index is 12.3. The molecule has 1 aliphatic rings. The summed E-state index contributed by atoms with van der Waals surface area (Å²) in [5.41, 5.74) is 2.15. The topological polar surface area (TPSA) is 58.6 Å². The number of hydrogen-bond donors (Lipinski definition) is 1. The second-order valence-electron chi connectivity index (χ2n) is 5.77. The van der Waals surface area contributed by atoms with Crippen LogP contribution in [0.25, 0.3) is 0 Å². The molecule has 5 nitrogen and oxygen atoms in total. The molecule has 0 bridgehead atoms. The Bertz CT molecular complexity index is 530. The van der Waals surface area contributed by atoms with Crippen LogP contribution in [0.1, 0.15) is 30.9 Å². The summed E-state index contributed by atoms with van der Waals surface area (Å²) in [7, 11) is 1.66. The fourth-order valence-corrected chi connectivity index (χ4v) is 2.81. The number of hydrogen-bond acceptors (Lipinski definition) is 3. The molecule has 0 unspecified atom stereocenters. The van der Waals surface area contributed by atoms with Crippen molar-refractivity contribution < 1.29 is 14.3 Å². The largest absolute Gasteiger partial charge is 0.380 e. The highest BCUT2D eigenvalue weighted by molar-refractivity contribution is 5.80. The van der Waals surface area contributed by atoms with Gasteiger partial charge in [-0.2, -0.15) is 0 Å². The van der Waals surface area contributed by atoms with E-state index in [1.165, 1.54) is 0 Å². The molecule has 1 atom stereocenters. The Labute approximate surface area is 131 Å². The molecule has 22 heavy (non-hydrogen) atoms. The van der Waals surface area contributed by atoms with Gasteiger partial charge >= 0.3 is 0 Å². The summed E-state index contributed by atoms with van der Waals surface area (Å²) in [5.74, 6) is -0.0207. The van der Waals surface area contributed by atoms with Gasteiger partial charge in [0.05, 0.1) is 12.5 Å². The molecule has 5 heteroatoms. The predicted octanol–water partition coefficient (Wildman–Crippen LogP) is 1.71. The number of nitrogens with zero attached hydrogens (tertiary/aromatic N) is 1. The van der Waals surface area contributed by atoms with E-state index in [0.29, 0.717) is 19.7 Å². The lowest BCUT2D eigenvalue weighted by Crippen LogP contribution is -2.44. The van der Waals surface area contributed by atoms with Gasteiger partial charge in [-0.3, -0.25) is 9.59 Å². The SMILES string of the molecule is COCc1cccc(CNC(=O)[C@@H]2CCCN(C(C)=O)C2)c1. The molecular formula is C17H24N2O3. The van der Waals surface area contributed by atoms with E-state index in [-0.39, 0.29) is 17.7 Å². The predicted molar refractivity (Wildman–Crippen MR) is 84.0 cm³/mol. The summed E-state index contributed by atoms with van der Waals surface area (Å²) in [6.07, 6.45) is 1.74. The first-order valence-electron chi connectivity index (χ1n) is 7.70. The third-order valence-electron chi connectivity index (χ3n) is 4.01. The van der Waals surface area contributed by atoms with Gasteiger partial charge in [0.15, 0.2) is 0 Å². The zero-order chi connectivity index (χ0) is 15.9. The number of amides is 2. The van der Waals surface area contributed by atoms with Crippen molar-refractivity contribution in [2.45, 2.75) is 32.9 Å². The number of carbonyl (C=O) groups excluding carboxylic acids is 2. The van der Waals surface area contributed by atoms with E-state index in [0.717, 1.165) is 30.5 Å². The van der Waals surface area contributed by atoms with E-state index in [1.54, 1.807) is 18.9 Å². The minimum atomic E-state index is -0.0974. The van der Waals surface area contributed by atoms with Crippen molar-refractivity contribution in [3.05, 3.63) is 35.4 Å². The van der Waals surface area contributed by atoms with Gasteiger partial charge in [0.25, 0.3) is 0 Å². The molecule has 0 saturated carbocycles. The monoisotopic (exact) mass is 304 g/mol. The Kier molecular flexibility index (Phi) is 5.95. The van der Waals surface area contributed by atoms with E-state index in [4.69, 9.17) is 4.74 Å². The smallest absolute Gasteiger partial charge is 0.225 e. The van der Waals surface area contributed by atoms with Crippen molar-refractivity contribution in [2.24, 2.45) is 5.92 Å². The molecule has 0 spiro atoms. The number of ether oxygens (including phenoxy) is 1. The molecule has 0 radical (unpaired) electrons. The van der Waals surface area contributed by atoms with Gasteiger partial charge in [0, 0.05) is 33.7 Å². The van der Waals surface area contributed by atoms with E-state index in [1.807, 2.05) is 24.3 Å². The average molecular weight is 304 g/mol. The number of benzene rings is 1. The van der Waals surface area contributed by atoms with Gasteiger partial charge in [-0.15, -0.1) is 0 Å². The van der Waals surface area contributed by atoms with Crippen molar-refractivity contribution in [3.63, 3.8) is 0 Å². The van der Waals surface area contributed by atoms with Gasteiger partial charge in [0.2, 0.25) is 11.8 Å². The Morgan fingerprint density at radius 1 is 1.36 bits per heavy atom. The minimum absolute atomic E-state index is 0.0306.